The van der Waals surface area contributed by atoms with Gasteiger partial charge in [0.15, 0.2) is 0 Å². The molecule has 1 aromatic heterocycles. The maximum atomic E-state index is 11.7. The number of nitriles is 1. The molecule has 0 radical (unpaired) electrons. The number of oxime groups is 1. The number of carboxylic acid groups (broad SMARTS) is 1. The van der Waals surface area contributed by atoms with Gasteiger partial charge in [-0.3, -0.25) is 0 Å². The number of aromatic nitrogens is 2. The summed E-state index contributed by atoms with van der Waals surface area (Å²) >= 11 is 1.01. The number of carbonyl (C=O) groups is 1. The molecule has 0 fully saturated rings. The Labute approximate surface area is 200 Å². The number of nitrogens with one attached hydrogen (secondary N) is 1. The van der Waals surface area contributed by atoms with Crippen molar-refractivity contribution in [2.75, 3.05) is 11.9 Å². The molecule has 0 amide bonds. The Hall–Kier alpha value is -4.55. The maximum Gasteiger partial charge on any atom is 0.362 e. The number of nitrogens with zero attached hydrogens (tertiary/aromatic N) is 4. The molecule has 0 atom stereocenters. The van der Waals surface area contributed by atoms with Crippen molar-refractivity contribution >= 4 is 28.3 Å². The topological polar surface area (TPSA) is 120 Å². The summed E-state index contributed by atoms with van der Waals surface area (Å²) < 4.78 is 4.18. The first kappa shape index (κ1) is 22.6. The maximum absolute atomic E-state index is 11.7. The van der Waals surface area contributed by atoms with Crippen molar-refractivity contribution in [2.45, 2.75) is 5.54 Å². The van der Waals surface area contributed by atoms with E-state index in [1.165, 1.54) is 0 Å². The van der Waals surface area contributed by atoms with Gasteiger partial charge < -0.3 is 15.3 Å². The van der Waals surface area contributed by atoms with E-state index in [2.05, 4.69) is 19.8 Å². The first-order valence-electron chi connectivity index (χ1n) is 10.2. The molecule has 0 unspecified atom stereocenters. The molecule has 3 aromatic carbocycles. The quantitative estimate of drug-likeness (QED) is 0.162. The highest BCUT2D eigenvalue weighted by atomic mass is 32.1. The van der Waals surface area contributed by atoms with Gasteiger partial charge in [-0.2, -0.15) is 14.6 Å². The zero-order chi connectivity index (χ0) is 23.8. The van der Waals surface area contributed by atoms with Crippen molar-refractivity contribution in [1.29, 1.82) is 5.26 Å². The first-order chi connectivity index (χ1) is 16.6. The third-order valence-corrected chi connectivity index (χ3v) is 5.67. The van der Waals surface area contributed by atoms with Gasteiger partial charge in [0.2, 0.25) is 23.3 Å². The minimum absolute atomic E-state index is 0.110. The van der Waals surface area contributed by atoms with Crippen LogP contribution < -0.4 is 5.32 Å². The third kappa shape index (κ3) is 4.62. The van der Waals surface area contributed by atoms with E-state index in [1.54, 1.807) is 6.07 Å². The van der Waals surface area contributed by atoms with Gasteiger partial charge in [-0.15, -0.1) is 0 Å². The second kappa shape index (κ2) is 10.4. The number of carboxylic acids is 1. The molecule has 0 bridgehead atoms. The van der Waals surface area contributed by atoms with Crippen LogP contribution in [0.1, 0.15) is 22.5 Å². The second-order valence-corrected chi connectivity index (χ2v) is 7.82. The summed E-state index contributed by atoms with van der Waals surface area (Å²) in [6.07, 6.45) is 0. The minimum Gasteiger partial charge on any atom is -0.476 e. The fourth-order valence-electron chi connectivity index (χ4n) is 3.61. The summed E-state index contributed by atoms with van der Waals surface area (Å²) in [5, 5.41) is 25.6. The third-order valence-electron chi connectivity index (χ3n) is 5.04. The average molecular weight is 470 g/mol. The van der Waals surface area contributed by atoms with Gasteiger partial charge in [0.05, 0.1) is 0 Å². The van der Waals surface area contributed by atoms with Crippen LogP contribution in [0.25, 0.3) is 0 Å². The van der Waals surface area contributed by atoms with E-state index in [-0.39, 0.29) is 12.4 Å². The molecule has 4 rings (SSSR count). The highest BCUT2D eigenvalue weighted by Crippen LogP contribution is 2.40. The minimum atomic E-state index is -1.36. The van der Waals surface area contributed by atoms with Crippen molar-refractivity contribution in [3.63, 3.8) is 0 Å². The van der Waals surface area contributed by atoms with Crippen molar-refractivity contribution in [2.24, 2.45) is 5.16 Å². The fraction of sp³-hybridized carbons (Fsp3) is 0.0800. The van der Waals surface area contributed by atoms with Gasteiger partial charge in [-0.1, -0.05) is 96.2 Å². The van der Waals surface area contributed by atoms with Crippen molar-refractivity contribution in [1.82, 2.24) is 9.36 Å². The Kier molecular flexibility index (Phi) is 6.91. The lowest BCUT2D eigenvalue weighted by atomic mass is 9.77. The lowest BCUT2D eigenvalue weighted by molar-refractivity contribution is -0.129. The standard InChI is InChI=1S/C25H19N5O3S/c26-16-17-33-29-21(23(31)32)22-27-24(34-30-22)28-25(18-10-4-1-5-11-18,19-12-6-2-7-13-19)20-14-8-3-9-15-20/h1-15H,17H2,(H,31,32)(H,27,28,30). The Balaban J connectivity index is 1.85. The molecule has 0 spiro atoms. The summed E-state index contributed by atoms with van der Waals surface area (Å²) in [5.41, 5.74) is 1.58. The summed E-state index contributed by atoms with van der Waals surface area (Å²) in [5.74, 6) is -1.47. The van der Waals surface area contributed by atoms with Crippen LogP contribution in [0.4, 0.5) is 5.13 Å². The van der Waals surface area contributed by atoms with Crippen LogP contribution in [0, 0.1) is 11.3 Å². The summed E-state index contributed by atoms with van der Waals surface area (Å²) in [6.45, 7) is -0.384. The molecule has 34 heavy (non-hydrogen) atoms. The molecule has 0 aliphatic carbocycles. The largest absolute Gasteiger partial charge is 0.476 e. The predicted octanol–water partition coefficient (Wildman–Crippen LogP) is 4.27. The number of hydrogen-bond donors (Lipinski definition) is 2. The molecular formula is C25H19N5O3S. The smallest absolute Gasteiger partial charge is 0.362 e. The highest BCUT2D eigenvalue weighted by Gasteiger charge is 2.37. The monoisotopic (exact) mass is 469 g/mol. The van der Waals surface area contributed by atoms with Crippen LogP contribution in [0.3, 0.4) is 0 Å². The van der Waals surface area contributed by atoms with Crippen LogP contribution >= 0.6 is 11.5 Å². The van der Waals surface area contributed by atoms with Crippen LogP contribution in [0.5, 0.6) is 0 Å². The molecule has 168 valence electrons. The SMILES string of the molecule is N#CCON=C(C(=O)O)c1nsc(NC(c2ccccc2)(c2ccccc2)c2ccccc2)n1. The van der Waals surface area contributed by atoms with Gasteiger partial charge in [0.1, 0.15) is 11.6 Å². The van der Waals surface area contributed by atoms with Crippen LogP contribution in [-0.4, -0.2) is 32.8 Å². The molecule has 0 aliphatic rings. The Morgan fingerprint density at radius 1 is 0.971 bits per heavy atom. The second-order valence-electron chi connectivity index (χ2n) is 7.07. The predicted molar refractivity (Wildman–Crippen MR) is 128 cm³/mol. The average Bonchev–Trinajstić information content (AvgIpc) is 3.34. The molecule has 0 saturated heterocycles. The normalized spacial score (nSPS) is 11.4. The van der Waals surface area contributed by atoms with Gasteiger partial charge in [-0.05, 0) is 16.7 Å². The lowest BCUT2D eigenvalue weighted by Gasteiger charge is -2.36. The highest BCUT2D eigenvalue weighted by molar-refractivity contribution is 7.09. The Morgan fingerprint density at radius 3 is 1.91 bits per heavy atom. The molecule has 1 heterocycles. The summed E-state index contributed by atoms with van der Waals surface area (Å²) in [4.78, 5) is 20.8. The number of rotatable bonds is 9. The van der Waals surface area contributed by atoms with Crippen molar-refractivity contribution in [3.05, 3.63) is 114 Å². The van der Waals surface area contributed by atoms with E-state index < -0.39 is 17.2 Å². The van der Waals surface area contributed by atoms with Gasteiger partial charge in [0.25, 0.3) is 0 Å². The fourth-order valence-corrected chi connectivity index (χ4v) is 4.24. The Bertz CT molecular complexity index is 1220. The molecule has 4 aromatic rings. The van der Waals surface area contributed by atoms with Gasteiger partial charge in [0, 0.05) is 11.5 Å². The van der Waals surface area contributed by atoms with Gasteiger partial charge >= 0.3 is 5.97 Å². The molecule has 2 N–H and O–H groups in total. The molecule has 8 nitrogen and oxygen atoms in total. The zero-order valence-corrected chi connectivity index (χ0v) is 18.6. The van der Waals surface area contributed by atoms with Crippen molar-refractivity contribution < 1.29 is 14.7 Å². The number of anilines is 1. The van der Waals surface area contributed by atoms with E-state index in [4.69, 9.17) is 10.1 Å². The van der Waals surface area contributed by atoms with Crippen LogP contribution in [0.15, 0.2) is 96.2 Å². The number of aliphatic carboxylic acids is 1. The number of benzene rings is 3. The molecule has 0 saturated carbocycles. The summed E-state index contributed by atoms with van der Waals surface area (Å²) in [6, 6.07) is 31.5. The number of hydrogen-bond acceptors (Lipinski definition) is 8. The molecule has 9 heteroatoms. The van der Waals surface area contributed by atoms with Crippen LogP contribution in [-0.2, 0) is 15.2 Å². The Morgan fingerprint density at radius 2 is 1.47 bits per heavy atom. The van der Waals surface area contributed by atoms with E-state index in [1.807, 2.05) is 91.0 Å². The first-order valence-corrected chi connectivity index (χ1v) is 11.0. The zero-order valence-electron chi connectivity index (χ0n) is 17.8. The lowest BCUT2D eigenvalue weighted by Crippen LogP contribution is -2.38. The van der Waals surface area contributed by atoms with E-state index >= 15 is 0 Å². The van der Waals surface area contributed by atoms with E-state index in [0.29, 0.717) is 5.13 Å². The van der Waals surface area contributed by atoms with E-state index in [0.717, 1.165) is 28.2 Å². The molecular weight excluding hydrogens is 450 g/mol. The van der Waals surface area contributed by atoms with Crippen LogP contribution in [0.2, 0.25) is 0 Å². The summed E-state index contributed by atoms with van der Waals surface area (Å²) in [7, 11) is 0. The molecule has 0 aliphatic heterocycles. The van der Waals surface area contributed by atoms with Gasteiger partial charge in [-0.25, -0.2) is 4.79 Å². The van der Waals surface area contributed by atoms with E-state index in [9.17, 15) is 9.90 Å². The van der Waals surface area contributed by atoms with Crippen molar-refractivity contribution in [3.8, 4) is 6.07 Å².